The smallest absolute Gasteiger partial charge is 0.126 e. The van der Waals surface area contributed by atoms with Crippen molar-refractivity contribution in [3.63, 3.8) is 0 Å². The van der Waals surface area contributed by atoms with Crippen LogP contribution in [0.5, 0.6) is 0 Å². The Morgan fingerprint density at radius 3 is 2.56 bits per heavy atom. The molecule has 0 atom stereocenters. The van der Waals surface area contributed by atoms with Gasteiger partial charge < -0.3 is 0 Å². The number of halogens is 1. The van der Waals surface area contributed by atoms with E-state index in [4.69, 9.17) is 0 Å². The minimum atomic E-state index is -0.150. The summed E-state index contributed by atoms with van der Waals surface area (Å²) < 4.78 is 13.1. The molecule has 0 fully saturated rings. The monoisotopic (exact) mass is 243 g/mol. The highest BCUT2D eigenvalue weighted by atomic mass is 19.1. The molecule has 0 aliphatic heterocycles. The summed E-state index contributed by atoms with van der Waals surface area (Å²) in [6.45, 7) is 3.70. The number of rotatable bonds is 4. The van der Waals surface area contributed by atoms with Gasteiger partial charge in [0.25, 0.3) is 0 Å². The molecule has 1 heterocycles. The predicted octanol–water partition coefficient (Wildman–Crippen LogP) is 3.22. The van der Waals surface area contributed by atoms with Crippen molar-refractivity contribution in [1.82, 2.24) is 10.2 Å². The van der Waals surface area contributed by atoms with Crippen LogP contribution in [0.1, 0.15) is 22.5 Å². The van der Waals surface area contributed by atoms with E-state index >= 15 is 0 Å². The van der Waals surface area contributed by atoms with E-state index in [0.29, 0.717) is 5.56 Å². The first-order valence-corrected chi connectivity index (χ1v) is 6.01. The fourth-order valence-corrected chi connectivity index (χ4v) is 1.76. The number of hydrogen-bond acceptors (Lipinski definition) is 2. The molecule has 3 heteroatoms. The Kier molecular flexibility index (Phi) is 4.03. The molecule has 1 radical (unpaired) electrons. The number of aromatic nitrogens is 2. The van der Waals surface area contributed by atoms with Gasteiger partial charge in [-0.25, -0.2) is 4.39 Å². The maximum Gasteiger partial charge on any atom is 0.126 e. The quantitative estimate of drug-likeness (QED) is 0.824. The van der Waals surface area contributed by atoms with Crippen molar-refractivity contribution in [3.8, 4) is 0 Å². The fraction of sp³-hybridized carbons (Fsp3) is 0.267. The molecular formula is C15H16FN2. The van der Waals surface area contributed by atoms with Gasteiger partial charge in [-0.3, -0.25) is 0 Å². The van der Waals surface area contributed by atoms with E-state index in [1.165, 1.54) is 6.07 Å². The third-order valence-corrected chi connectivity index (χ3v) is 2.81. The van der Waals surface area contributed by atoms with E-state index in [0.717, 1.165) is 29.8 Å². The third-order valence-electron chi connectivity index (χ3n) is 2.81. The van der Waals surface area contributed by atoms with E-state index in [1.807, 2.05) is 31.2 Å². The Morgan fingerprint density at radius 2 is 1.89 bits per heavy atom. The highest BCUT2D eigenvalue weighted by Crippen LogP contribution is 2.11. The number of hydrogen-bond donors (Lipinski definition) is 0. The Bertz CT molecular complexity index is 521. The van der Waals surface area contributed by atoms with Gasteiger partial charge in [0.1, 0.15) is 5.82 Å². The third kappa shape index (κ3) is 3.36. The van der Waals surface area contributed by atoms with Gasteiger partial charge in [-0.15, -0.1) is 0 Å². The van der Waals surface area contributed by atoms with Crippen molar-refractivity contribution >= 4 is 0 Å². The van der Waals surface area contributed by atoms with Crippen molar-refractivity contribution in [2.24, 2.45) is 0 Å². The van der Waals surface area contributed by atoms with Gasteiger partial charge in [-0.1, -0.05) is 12.1 Å². The Labute approximate surface area is 107 Å². The topological polar surface area (TPSA) is 25.8 Å². The van der Waals surface area contributed by atoms with Gasteiger partial charge in [0.05, 0.1) is 11.4 Å². The van der Waals surface area contributed by atoms with Gasteiger partial charge >= 0.3 is 0 Å². The second-order valence-electron chi connectivity index (χ2n) is 4.45. The average Bonchev–Trinajstić information content (AvgIpc) is 2.36. The van der Waals surface area contributed by atoms with Crippen LogP contribution in [-0.2, 0) is 12.8 Å². The SMILES string of the molecule is Cc1ccc(C[CH]Cc2ccc(F)c(C)c2)nn1. The second kappa shape index (κ2) is 5.71. The van der Waals surface area contributed by atoms with Crippen LogP contribution in [-0.4, -0.2) is 10.2 Å². The van der Waals surface area contributed by atoms with Crippen LogP contribution in [0.25, 0.3) is 0 Å². The molecule has 93 valence electrons. The maximum absolute atomic E-state index is 13.1. The first-order chi connectivity index (χ1) is 8.65. The molecule has 0 N–H and O–H groups in total. The molecule has 2 aromatic rings. The Morgan fingerprint density at radius 1 is 1.06 bits per heavy atom. The lowest BCUT2D eigenvalue weighted by Gasteiger charge is -2.03. The van der Waals surface area contributed by atoms with Gasteiger partial charge in [0, 0.05) is 0 Å². The summed E-state index contributed by atoms with van der Waals surface area (Å²) in [5.74, 6) is -0.150. The zero-order chi connectivity index (χ0) is 13.0. The van der Waals surface area contributed by atoms with Crippen LogP contribution in [0.15, 0.2) is 30.3 Å². The van der Waals surface area contributed by atoms with Crippen molar-refractivity contribution in [2.75, 3.05) is 0 Å². The number of aryl methyl sites for hydroxylation is 2. The number of nitrogens with zero attached hydrogens (tertiary/aromatic N) is 2. The molecule has 0 aliphatic carbocycles. The maximum atomic E-state index is 13.1. The molecule has 1 aromatic heterocycles. The summed E-state index contributed by atoms with van der Waals surface area (Å²) in [5, 5.41) is 8.11. The minimum absolute atomic E-state index is 0.150. The van der Waals surface area contributed by atoms with E-state index in [9.17, 15) is 4.39 Å². The molecule has 0 bridgehead atoms. The van der Waals surface area contributed by atoms with Gasteiger partial charge in [-0.05, 0) is 62.4 Å². The molecule has 18 heavy (non-hydrogen) atoms. The summed E-state index contributed by atoms with van der Waals surface area (Å²) >= 11 is 0. The van der Waals surface area contributed by atoms with E-state index < -0.39 is 0 Å². The van der Waals surface area contributed by atoms with E-state index in [-0.39, 0.29) is 5.82 Å². The molecule has 2 nitrogen and oxygen atoms in total. The fourth-order valence-electron chi connectivity index (χ4n) is 1.76. The van der Waals surface area contributed by atoms with Crippen molar-refractivity contribution < 1.29 is 4.39 Å². The second-order valence-corrected chi connectivity index (χ2v) is 4.45. The first-order valence-electron chi connectivity index (χ1n) is 6.01. The molecule has 2 rings (SSSR count). The summed E-state index contributed by atoms with van der Waals surface area (Å²) in [7, 11) is 0. The highest BCUT2D eigenvalue weighted by molar-refractivity contribution is 5.25. The predicted molar refractivity (Wildman–Crippen MR) is 69.6 cm³/mol. The summed E-state index contributed by atoms with van der Waals surface area (Å²) in [5.41, 5.74) is 3.69. The van der Waals surface area contributed by atoms with E-state index in [2.05, 4.69) is 16.6 Å². The first kappa shape index (κ1) is 12.7. The summed E-state index contributed by atoms with van der Waals surface area (Å²) in [6.07, 6.45) is 3.73. The number of benzene rings is 1. The van der Waals surface area contributed by atoms with Crippen LogP contribution >= 0.6 is 0 Å². The molecule has 0 saturated heterocycles. The zero-order valence-corrected chi connectivity index (χ0v) is 10.7. The van der Waals surface area contributed by atoms with Crippen molar-refractivity contribution in [3.05, 3.63) is 65.1 Å². The lowest BCUT2D eigenvalue weighted by Crippen LogP contribution is -1.97. The lowest BCUT2D eigenvalue weighted by atomic mass is 10.0. The molecule has 1 aromatic carbocycles. The van der Waals surface area contributed by atoms with Crippen LogP contribution < -0.4 is 0 Å². The molecule has 0 saturated carbocycles. The van der Waals surface area contributed by atoms with Crippen molar-refractivity contribution in [1.29, 1.82) is 0 Å². The van der Waals surface area contributed by atoms with Crippen LogP contribution in [0.2, 0.25) is 0 Å². The van der Waals surface area contributed by atoms with Gasteiger partial charge in [-0.2, -0.15) is 10.2 Å². The molecule has 0 spiro atoms. The van der Waals surface area contributed by atoms with Gasteiger partial charge in [0.2, 0.25) is 0 Å². The van der Waals surface area contributed by atoms with Crippen LogP contribution in [0.4, 0.5) is 4.39 Å². The van der Waals surface area contributed by atoms with Crippen molar-refractivity contribution in [2.45, 2.75) is 26.7 Å². The largest absolute Gasteiger partial charge is 0.207 e. The minimum Gasteiger partial charge on any atom is -0.207 e. The average molecular weight is 243 g/mol. The van der Waals surface area contributed by atoms with Crippen LogP contribution in [0, 0.1) is 26.1 Å². The standard InChI is InChI=1S/C15H16FN2/c1-11-10-13(7-9-15(11)16)4-3-5-14-8-6-12(2)17-18-14/h3,6-10H,4-5H2,1-2H3. The lowest BCUT2D eigenvalue weighted by molar-refractivity contribution is 0.617. The van der Waals surface area contributed by atoms with Crippen LogP contribution in [0.3, 0.4) is 0 Å². The van der Waals surface area contributed by atoms with E-state index in [1.54, 1.807) is 6.92 Å². The summed E-state index contributed by atoms with van der Waals surface area (Å²) in [6, 6.07) is 9.16. The molecule has 0 unspecified atom stereocenters. The molecule has 0 aliphatic rings. The Hall–Kier alpha value is -1.77. The highest BCUT2D eigenvalue weighted by Gasteiger charge is 2.01. The van der Waals surface area contributed by atoms with Gasteiger partial charge in [0.15, 0.2) is 0 Å². The molecule has 0 amide bonds. The summed E-state index contributed by atoms with van der Waals surface area (Å²) in [4.78, 5) is 0. The zero-order valence-electron chi connectivity index (χ0n) is 10.7. The normalized spacial score (nSPS) is 10.6. The molecular weight excluding hydrogens is 227 g/mol. The Balaban J connectivity index is 1.88.